The predicted molar refractivity (Wildman–Crippen MR) is 97.7 cm³/mol. The van der Waals surface area contributed by atoms with Gasteiger partial charge in [0.05, 0.1) is 23.4 Å². The van der Waals surface area contributed by atoms with Crippen LogP contribution in [0.15, 0.2) is 36.4 Å². The summed E-state index contributed by atoms with van der Waals surface area (Å²) in [5, 5.41) is 2.16. The average Bonchev–Trinajstić information content (AvgIpc) is 2.62. The summed E-state index contributed by atoms with van der Waals surface area (Å²) in [6, 6.07) is 7.38. The Hall–Kier alpha value is -2.74. The van der Waals surface area contributed by atoms with E-state index in [2.05, 4.69) is 5.32 Å². The van der Waals surface area contributed by atoms with Gasteiger partial charge in [-0.25, -0.2) is 4.79 Å². The van der Waals surface area contributed by atoms with Crippen LogP contribution in [0.5, 0.6) is 5.75 Å². The first-order valence-electron chi connectivity index (χ1n) is 8.06. The molecule has 2 rings (SSSR count). The number of esters is 1. The maximum atomic E-state index is 12.8. The number of ether oxygens (including phenoxy) is 2. The van der Waals surface area contributed by atoms with E-state index in [1.165, 1.54) is 20.1 Å². The number of benzene rings is 2. The third kappa shape index (κ3) is 5.16. The van der Waals surface area contributed by atoms with Gasteiger partial charge in [0.1, 0.15) is 11.3 Å². The molecule has 1 atom stereocenters. The number of amides is 1. The molecule has 1 N–H and O–H groups in total. The van der Waals surface area contributed by atoms with Crippen molar-refractivity contribution in [2.45, 2.75) is 26.1 Å². The van der Waals surface area contributed by atoms with Gasteiger partial charge in [-0.2, -0.15) is 13.2 Å². The van der Waals surface area contributed by atoms with E-state index in [1.54, 1.807) is 19.1 Å². The Labute approximate surface area is 164 Å². The van der Waals surface area contributed by atoms with Gasteiger partial charge in [0, 0.05) is 0 Å². The Morgan fingerprint density at radius 2 is 1.82 bits per heavy atom. The third-order valence-electron chi connectivity index (χ3n) is 3.78. The first-order chi connectivity index (χ1) is 13.0. The van der Waals surface area contributed by atoms with Gasteiger partial charge in [-0.15, -0.1) is 0 Å². The zero-order valence-electron chi connectivity index (χ0n) is 15.2. The molecule has 5 nitrogen and oxygen atoms in total. The second kappa shape index (κ2) is 8.52. The molecule has 0 fully saturated rings. The summed E-state index contributed by atoms with van der Waals surface area (Å²) in [5.74, 6) is -1.37. The van der Waals surface area contributed by atoms with Gasteiger partial charge in [0.25, 0.3) is 5.91 Å². The number of nitrogens with one attached hydrogen (secondary N) is 1. The van der Waals surface area contributed by atoms with Crippen molar-refractivity contribution >= 4 is 29.2 Å². The van der Waals surface area contributed by atoms with Crippen LogP contribution in [0, 0.1) is 6.92 Å². The second-order valence-electron chi connectivity index (χ2n) is 5.93. The number of alkyl halides is 3. The van der Waals surface area contributed by atoms with Crippen LogP contribution in [0.1, 0.15) is 28.4 Å². The summed E-state index contributed by atoms with van der Waals surface area (Å²) in [7, 11) is 1.38. The van der Waals surface area contributed by atoms with Crippen LogP contribution < -0.4 is 10.1 Å². The quantitative estimate of drug-likeness (QED) is 0.708. The smallest absolute Gasteiger partial charge is 0.416 e. The second-order valence-corrected chi connectivity index (χ2v) is 6.34. The molecule has 9 heteroatoms. The highest BCUT2D eigenvalue weighted by Crippen LogP contribution is 2.34. The largest absolute Gasteiger partial charge is 0.496 e. The number of hydrogen-bond donors (Lipinski definition) is 1. The Kier molecular flexibility index (Phi) is 6.56. The number of carbonyl (C=O) groups is 2. The SMILES string of the molecule is COc1ccc(C)cc1C(=O)O[C@@H](C)C(=O)Nc1cc(C(F)(F)F)ccc1Cl. The van der Waals surface area contributed by atoms with Gasteiger partial charge >= 0.3 is 12.1 Å². The van der Waals surface area contributed by atoms with Crippen LogP contribution in [0.3, 0.4) is 0 Å². The lowest BCUT2D eigenvalue weighted by Crippen LogP contribution is -2.30. The molecule has 0 aliphatic carbocycles. The Morgan fingerprint density at radius 1 is 1.14 bits per heavy atom. The summed E-state index contributed by atoms with van der Waals surface area (Å²) in [5.41, 5.74) is -0.307. The molecule has 150 valence electrons. The normalized spacial score (nSPS) is 12.2. The summed E-state index contributed by atoms with van der Waals surface area (Å²) < 4.78 is 48.7. The maximum Gasteiger partial charge on any atom is 0.416 e. The monoisotopic (exact) mass is 415 g/mol. The van der Waals surface area contributed by atoms with E-state index in [1.807, 2.05) is 0 Å². The maximum absolute atomic E-state index is 12.8. The number of methoxy groups -OCH3 is 1. The molecule has 0 spiro atoms. The zero-order valence-corrected chi connectivity index (χ0v) is 15.9. The number of anilines is 1. The van der Waals surface area contributed by atoms with Crippen LogP contribution in [-0.2, 0) is 15.7 Å². The Morgan fingerprint density at radius 3 is 2.43 bits per heavy atom. The fourth-order valence-corrected chi connectivity index (χ4v) is 2.46. The van der Waals surface area contributed by atoms with Crippen LogP contribution >= 0.6 is 11.6 Å². The van der Waals surface area contributed by atoms with E-state index in [9.17, 15) is 22.8 Å². The molecule has 0 heterocycles. The number of halogens is 4. The van der Waals surface area contributed by atoms with E-state index < -0.39 is 29.7 Å². The zero-order chi connectivity index (χ0) is 21.1. The number of aryl methyl sites for hydroxylation is 1. The first kappa shape index (κ1) is 21.6. The predicted octanol–water partition coefficient (Wildman–Crippen LogP) is 4.86. The summed E-state index contributed by atoms with van der Waals surface area (Å²) in [6.07, 6.45) is -5.88. The van der Waals surface area contributed by atoms with Gasteiger partial charge in [-0.05, 0) is 44.2 Å². The topological polar surface area (TPSA) is 64.6 Å². The fraction of sp³-hybridized carbons (Fsp3) is 0.263. The average molecular weight is 416 g/mol. The molecular formula is C19H17ClF3NO4. The molecule has 1 amide bonds. The lowest BCUT2D eigenvalue weighted by Gasteiger charge is -2.16. The van der Waals surface area contributed by atoms with Crippen LogP contribution in [0.2, 0.25) is 5.02 Å². The van der Waals surface area contributed by atoms with Crippen molar-refractivity contribution in [2.24, 2.45) is 0 Å². The molecule has 28 heavy (non-hydrogen) atoms. The first-order valence-corrected chi connectivity index (χ1v) is 8.44. The summed E-state index contributed by atoms with van der Waals surface area (Å²) in [6.45, 7) is 3.05. The van der Waals surface area contributed by atoms with Crippen molar-refractivity contribution < 1.29 is 32.2 Å². The molecule has 2 aromatic carbocycles. The van der Waals surface area contributed by atoms with Crippen molar-refractivity contribution in [1.29, 1.82) is 0 Å². The van der Waals surface area contributed by atoms with Crippen LogP contribution in [0.25, 0.3) is 0 Å². The fourth-order valence-electron chi connectivity index (χ4n) is 2.29. The molecule has 0 bridgehead atoms. The molecule has 0 unspecified atom stereocenters. The van der Waals surface area contributed by atoms with E-state index in [-0.39, 0.29) is 22.0 Å². The van der Waals surface area contributed by atoms with Crippen molar-refractivity contribution in [2.75, 3.05) is 12.4 Å². The van der Waals surface area contributed by atoms with Gasteiger partial charge < -0.3 is 14.8 Å². The Bertz CT molecular complexity index is 899. The number of rotatable bonds is 5. The summed E-state index contributed by atoms with van der Waals surface area (Å²) in [4.78, 5) is 24.6. The Balaban J connectivity index is 2.14. The highest BCUT2D eigenvalue weighted by molar-refractivity contribution is 6.33. The number of hydrogen-bond acceptors (Lipinski definition) is 4. The van der Waals surface area contributed by atoms with Gasteiger partial charge in [-0.3, -0.25) is 4.79 Å². The highest BCUT2D eigenvalue weighted by atomic mass is 35.5. The minimum absolute atomic E-state index is 0.0831. The third-order valence-corrected chi connectivity index (χ3v) is 4.11. The van der Waals surface area contributed by atoms with Crippen molar-refractivity contribution in [3.63, 3.8) is 0 Å². The lowest BCUT2D eigenvalue weighted by molar-refractivity contribution is -0.137. The minimum Gasteiger partial charge on any atom is -0.496 e. The molecule has 2 aromatic rings. The van der Waals surface area contributed by atoms with E-state index in [0.29, 0.717) is 6.07 Å². The van der Waals surface area contributed by atoms with Crippen molar-refractivity contribution in [3.05, 3.63) is 58.1 Å². The van der Waals surface area contributed by atoms with E-state index in [0.717, 1.165) is 17.7 Å². The molecule has 0 saturated heterocycles. The van der Waals surface area contributed by atoms with Crippen LogP contribution in [0.4, 0.5) is 18.9 Å². The standard InChI is InChI=1S/C19H17ClF3NO4/c1-10-4-7-16(27-3)13(8-10)18(26)28-11(2)17(25)24-15-9-12(19(21,22)23)5-6-14(15)20/h4-9,11H,1-3H3,(H,24,25)/t11-/m0/s1. The van der Waals surface area contributed by atoms with Crippen molar-refractivity contribution in [3.8, 4) is 5.75 Å². The minimum atomic E-state index is -4.59. The molecule has 0 radical (unpaired) electrons. The molecule has 0 saturated carbocycles. The van der Waals surface area contributed by atoms with Gasteiger partial charge in [0.2, 0.25) is 0 Å². The van der Waals surface area contributed by atoms with Gasteiger partial charge in [0.15, 0.2) is 6.10 Å². The summed E-state index contributed by atoms with van der Waals surface area (Å²) >= 11 is 5.85. The van der Waals surface area contributed by atoms with Gasteiger partial charge in [-0.1, -0.05) is 23.2 Å². The van der Waals surface area contributed by atoms with Crippen LogP contribution in [-0.4, -0.2) is 25.1 Å². The lowest BCUT2D eigenvalue weighted by atomic mass is 10.1. The molecule has 0 aromatic heterocycles. The molecule has 0 aliphatic heterocycles. The van der Waals surface area contributed by atoms with E-state index in [4.69, 9.17) is 21.1 Å². The molecule has 0 aliphatic rings. The van der Waals surface area contributed by atoms with Crippen molar-refractivity contribution in [1.82, 2.24) is 0 Å². The highest BCUT2D eigenvalue weighted by Gasteiger charge is 2.31. The number of carbonyl (C=O) groups excluding carboxylic acids is 2. The molecular weight excluding hydrogens is 399 g/mol. The van der Waals surface area contributed by atoms with E-state index >= 15 is 0 Å².